The summed E-state index contributed by atoms with van der Waals surface area (Å²) in [4.78, 5) is 71.4. The Kier molecular flexibility index (Phi) is 11.2. The van der Waals surface area contributed by atoms with Gasteiger partial charge in [0, 0.05) is 53.5 Å². The van der Waals surface area contributed by atoms with E-state index in [1.54, 1.807) is 0 Å². The van der Waals surface area contributed by atoms with E-state index in [4.69, 9.17) is 42.6 Å². The molecule has 0 aromatic heterocycles. The molecule has 45 heavy (non-hydrogen) atoms. The Hall–Kier alpha value is -3.80. The second-order valence-electron chi connectivity index (χ2n) is 11.1. The maximum atomic E-state index is 12.2. The van der Waals surface area contributed by atoms with Gasteiger partial charge < -0.3 is 52.8 Å². The Balaban J connectivity index is 2.08. The van der Waals surface area contributed by atoms with Crippen molar-refractivity contribution in [2.24, 2.45) is 5.92 Å². The van der Waals surface area contributed by atoms with E-state index in [1.165, 1.54) is 6.92 Å². The third kappa shape index (κ3) is 8.27. The molecule has 3 rings (SSSR count). The van der Waals surface area contributed by atoms with Crippen LogP contribution < -0.4 is 0 Å². The van der Waals surface area contributed by atoms with Crippen LogP contribution in [0.1, 0.15) is 54.9 Å². The zero-order chi connectivity index (χ0) is 33.9. The fourth-order valence-corrected chi connectivity index (χ4v) is 5.70. The van der Waals surface area contributed by atoms with Crippen LogP contribution in [0, 0.1) is 5.92 Å². The largest absolute Gasteiger partial charge is 0.472 e. The highest BCUT2D eigenvalue weighted by molar-refractivity contribution is 5.69. The summed E-state index contributed by atoms with van der Waals surface area (Å²) in [6, 6.07) is 0. The minimum atomic E-state index is -2.04. The summed E-state index contributed by atoms with van der Waals surface area (Å²) in [6.45, 7) is 6.81. The number of aliphatic hydroxyl groups is 2. The Morgan fingerprint density at radius 2 is 1.29 bits per heavy atom. The highest BCUT2D eigenvalue weighted by atomic mass is 16.8. The second kappa shape index (κ2) is 14.1. The number of carbonyl (C=O) groups excluding carboxylic acids is 6. The van der Waals surface area contributed by atoms with E-state index >= 15 is 0 Å². The van der Waals surface area contributed by atoms with Gasteiger partial charge in [-0.15, -0.1) is 0 Å². The van der Waals surface area contributed by atoms with Crippen molar-refractivity contribution in [2.45, 2.75) is 109 Å². The molecule has 1 aliphatic carbocycles. The first-order chi connectivity index (χ1) is 20.9. The van der Waals surface area contributed by atoms with Crippen LogP contribution in [-0.4, -0.2) is 114 Å². The first-order valence-electron chi connectivity index (χ1n) is 13.9. The van der Waals surface area contributed by atoms with Gasteiger partial charge >= 0.3 is 35.8 Å². The molecule has 0 spiro atoms. The van der Waals surface area contributed by atoms with Crippen LogP contribution in [-0.2, 0) is 71.4 Å². The average Bonchev–Trinajstić information content (AvgIpc) is 3.09. The van der Waals surface area contributed by atoms with Gasteiger partial charge in [-0.2, -0.15) is 0 Å². The van der Waals surface area contributed by atoms with E-state index in [-0.39, 0.29) is 12.0 Å². The summed E-state index contributed by atoms with van der Waals surface area (Å²) < 4.78 is 49.4. The summed E-state index contributed by atoms with van der Waals surface area (Å²) in [5.74, 6) is -6.21. The Labute approximate surface area is 257 Å². The van der Waals surface area contributed by atoms with Crippen molar-refractivity contribution in [3.63, 3.8) is 0 Å². The molecule has 0 aromatic rings. The van der Waals surface area contributed by atoms with E-state index in [0.717, 1.165) is 47.8 Å². The van der Waals surface area contributed by atoms with Crippen LogP contribution in [0.3, 0.4) is 0 Å². The van der Waals surface area contributed by atoms with Gasteiger partial charge in [0.1, 0.15) is 36.6 Å². The molecule has 2 heterocycles. The van der Waals surface area contributed by atoms with E-state index in [2.05, 4.69) is 0 Å². The molecule has 17 heteroatoms. The van der Waals surface area contributed by atoms with Crippen molar-refractivity contribution in [1.29, 1.82) is 0 Å². The standard InChI is InChI=1S/C28H38O17/c1-12(29)37-9-18-10-39-26(24-27(7,35)20(40-14(3)31)8-28(18,24)36)45-25-23(43-17(6)34)22(42-16(5)33)21(41-15(4)32)19(44-25)11-38-13(2)30/h10,19-26,35-36H,8-9,11H2,1-7H3/t19-,20+,21-,22+,23-,24-,25+,26+,27+,28+/m1/s1. The molecule has 0 unspecified atom stereocenters. The Morgan fingerprint density at radius 3 is 1.82 bits per heavy atom. The van der Waals surface area contributed by atoms with Crippen LogP contribution in [0.5, 0.6) is 0 Å². The molecule has 1 saturated heterocycles. The van der Waals surface area contributed by atoms with Gasteiger partial charge in [0.25, 0.3) is 0 Å². The summed E-state index contributed by atoms with van der Waals surface area (Å²) in [7, 11) is 0. The number of hydrogen-bond donors (Lipinski definition) is 2. The molecular weight excluding hydrogens is 608 g/mol. The smallest absolute Gasteiger partial charge is 0.303 e. The molecule has 2 N–H and O–H groups in total. The van der Waals surface area contributed by atoms with Crippen molar-refractivity contribution in [3.8, 4) is 0 Å². The molecule has 2 fully saturated rings. The van der Waals surface area contributed by atoms with Crippen molar-refractivity contribution in [2.75, 3.05) is 13.2 Å². The SMILES string of the molecule is CC(=O)OCC1=CO[C@@H](O[C@@H]2O[C@H](COC(C)=O)[C@@H](OC(C)=O)[C@H](OC(C)=O)[C@H]2OC(C)=O)[C@@H]2[C@@](C)(O)[C@@H](OC(C)=O)C[C@]12O. The predicted molar refractivity (Wildman–Crippen MR) is 142 cm³/mol. The molecule has 2 aliphatic heterocycles. The van der Waals surface area contributed by atoms with Crippen LogP contribution >= 0.6 is 0 Å². The fraction of sp³-hybridized carbons (Fsp3) is 0.714. The van der Waals surface area contributed by atoms with Gasteiger partial charge in [-0.05, 0) is 6.92 Å². The molecule has 0 amide bonds. The normalized spacial score (nSPS) is 35.4. The van der Waals surface area contributed by atoms with Gasteiger partial charge in [-0.25, -0.2) is 0 Å². The van der Waals surface area contributed by atoms with Gasteiger partial charge in [-0.1, -0.05) is 0 Å². The lowest BCUT2D eigenvalue weighted by Crippen LogP contribution is -2.64. The molecule has 0 aromatic carbocycles. The molecule has 1 saturated carbocycles. The van der Waals surface area contributed by atoms with E-state index in [1.807, 2.05) is 0 Å². The minimum Gasteiger partial charge on any atom is -0.472 e. The maximum Gasteiger partial charge on any atom is 0.303 e. The number of fused-ring (bicyclic) bond motifs is 1. The van der Waals surface area contributed by atoms with E-state index in [9.17, 15) is 39.0 Å². The molecule has 10 atom stereocenters. The number of hydrogen-bond acceptors (Lipinski definition) is 17. The highest BCUT2D eigenvalue weighted by Gasteiger charge is 2.68. The summed E-state index contributed by atoms with van der Waals surface area (Å²) in [5, 5.41) is 23.6. The average molecular weight is 647 g/mol. The topological polar surface area (TPSA) is 226 Å². The van der Waals surface area contributed by atoms with Crippen LogP contribution in [0.2, 0.25) is 0 Å². The fourth-order valence-electron chi connectivity index (χ4n) is 5.70. The molecule has 17 nitrogen and oxygen atoms in total. The van der Waals surface area contributed by atoms with Crippen LogP contribution in [0.15, 0.2) is 11.8 Å². The third-order valence-corrected chi connectivity index (χ3v) is 7.42. The molecule has 0 radical (unpaired) electrons. The monoisotopic (exact) mass is 646 g/mol. The van der Waals surface area contributed by atoms with E-state index in [0.29, 0.717) is 0 Å². The van der Waals surface area contributed by atoms with Crippen molar-refractivity contribution in [1.82, 2.24) is 0 Å². The lowest BCUT2D eigenvalue weighted by Gasteiger charge is -2.48. The maximum absolute atomic E-state index is 12.2. The minimum absolute atomic E-state index is 0.0130. The first kappa shape index (κ1) is 35.7. The molecule has 252 valence electrons. The number of ether oxygens (including phenoxy) is 9. The van der Waals surface area contributed by atoms with Gasteiger partial charge in [0.15, 0.2) is 18.3 Å². The predicted octanol–water partition coefficient (Wildman–Crippen LogP) is -0.677. The van der Waals surface area contributed by atoms with E-state index < -0.39 is 109 Å². The van der Waals surface area contributed by atoms with Crippen molar-refractivity contribution in [3.05, 3.63) is 11.8 Å². The molecular formula is C28H38O17. The quantitative estimate of drug-likeness (QED) is 0.221. The van der Waals surface area contributed by atoms with Gasteiger partial charge in [0.05, 0.1) is 12.2 Å². The van der Waals surface area contributed by atoms with Gasteiger partial charge in [0.2, 0.25) is 12.6 Å². The Morgan fingerprint density at radius 1 is 0.756 bits per heavy atom. The zero-order valence-corrected chi connectivity index (χ0v) is 25.8. The molecule has 3 aliphatic rings. The second-order valence-corrected chi connectivity index (χ2v) is 11.1. The summed E-state index contributed by atoms with van der Waals surface area (Å²) in [6.07, 6.45) is -10.0. The summed E-state index contributed by atoms with van der Waals surface area (Å²) in [5.41, 5.74) is -4.07. The lowest BCUT2D eigenvalue weighted by molar-refractivity contribution is -0.354. The number of esters is 6. The zero-order valence-electron chi connectivity index (χ0n) is 25.8. The highest BCUT2D eigenvalue weighted by Crippen LogP contribution is 2.53. The first-order valence-corrected chi connectivity index (χ1v) is 13.9. The van der Waals surface area contributed by atoms with Crippen LogP contribution in [0.25, 0.3) is 0 Å². The van der Waals surface area contributed by atoms with Crippen LogP contribution in [0.4, 0.5) is 0 Å². The Bertz CT molecular complexity index is 1210. The molecule has 0 bridgehead atoms. The van der Waals surface area contributed by atoms with Crippen molar-refractivity contribution >= 4 is 35.8 Å². The van der Waals surface area contributed by atoms with Gasteiger partial charge in [-0.3, -0.25) is 28.8 Å². The van der Waals surface area contributed by atoms with Crippen molar-refractivity contribution < 1.29 is 81.6 Å². The lowest BCUT2D eigenvalue weighted by atomic mass is 9.77. The summed E-state index contributed by atoms with van der Waals surface area (Å²) >= 11 is 0. The number of rotatable bonds is 10. The number of carbonyl (C=O) groups is 6. The third-order valence-electron chi connectivity index (χ3n) is 7.42.